The zero-order valence-corrected chi connectivity index (χ0v) is 11.8. The van der Waals surface area contributed by atoms with Gasteiger partial charge in [0.2, 0.25) is 0 Å². The highest BCUT2D eigenvalue weighted by atomic mass is 16.5. The molecule has 1 fully saturated rings. The summed E-state index contributed by atoms with van der Waals surface area (Å²) in [5.41, 5.74) is 1.71. The summed E-state index contributed by atoms with van der Waals surface area (Å²) in [5, 5.41) is 1.12. The zero-order chi connectivity index (χ0) is 13.9. The van der Waals surface area contributed by atoms with Gasteiger partial charge in [0.25, 0.3) is 5.91 Å². The molecular formula is C16H20N2O2. The molecule has 1 aromatic carbocycles. The normalized spacial score (nSPS) is 14.7. The highest BCUT2D eigenvalue weighted by Crippen LogP contribution is 2.28. The van der Waals surface area contributed by atoms with Crippen molar-refractivity contribution in [2.45, 2.75) is 12.8 Å². The lowest BCUT2D eigenvalue weighted by Crippen LogP contribution is -2.30. The average molecular weight is 272 g/mol. The number of carbonyl (C=O) groups excluding carboxylic acids is 1. The molecule has 20 heavy (non-hydrogen) atoms. The lowest BCUT2D eigenvalue weighted by Gasteiger charge is -2.17. The van der Waals surface area contributed by atoms with Crippen LogP contribution in [0.4, 0.5) is 0 Å². The fraction of sp³-hybridized carbons (Fsp3) is 0.438. The topological polar surface area (TPSA) is 45.3 Å². The molecule has 0 bridgehead atoms. The number of fused-ring (bicyclic) bond motifs is 1. The molecule has 0 spiro atoms. The van der Waals surface area contributed by atoms with Gasteiger partial charge < -0.3 is 14.6 Å². The SMILES string of the molecule is CN(CCOCC1CC1)C(=O)c1ccc2cc[nH]c2c1. The number of H-pyrrole nitrogens is 1. The van der Waals surface area contributed by atoms with E-state index in [2.05, 4.69) is 4.98 Å². The van der Waals surface area contributed by atoms with Crippen LogP contribution in [0.25, 0.3) is 10.9 Å². The average Bonchev–Trinajstić information content (AvgIpc) is 3.17. The van der Waals surface area contributed by atoms with Crippen LogP contribution in [0.15, 0.2) is 30.5 Å². The van der Waals surface area contributed by atoms with Crippen LogP contribution in [0.5, 0.6) is 0 Å². The van der Waals surface area contributed by atoms with Crippen molar-refractivity contribution in [3.8, 4) is 0 Å². The molecule has 1 amide bonds. The highest BCUT2D eigenvalue weighted by Gasteiger charge is 2.21. The molecule has 1 aliphatic rings. The fourth-order valence-corrected chi connectivity index (χ4v) is 2.24. The molecule has 3 rings (SSSR count). The summed E-state index contributed by atoms with van der Waals surface area (Å²) in [6.07, 6.45) is 4.48. The first-order valence-electron chi connectivity index (χ1n) is 7.14. The molecule has 2 aromatic rings. The molecule has 1 aliphatic carbocycles. The molecule has 1 aromatic heterocycles. The summed E-state index contributed by atoms with van der Waals surface area (Å²) in [7, 11) is 1.82. The van der Waals surface area contributed by atoms with Crippen LogP contribution in [0.3, 0.4) is 0 Å². The van der Waals surface area contributed by atoms with E-state index < -0.39 is 0 Å². The van der Waals surface area contributed by atoms with Crippen molar-refractivity contribution in [3.05, 3.63) is 36.0 Å². The minimum absolute atomic E-state index is 0.0384. The fourth-order valence-electron chi connectivity index (χ4n) is 2.24. The molecule has 0 unspecified atom stereocenters. The second kappa shape index (κ2) is 5.67. The molecule has 0 aliphatic heterocycles. The first-order chi connectivity index (χ1) is 9.74. The first kappa shape index (κ1) is 13.2. The predicted molar refractivity (Wildman–Crippen MR) is 78.8 cm³/mol. The van der Waals surface area contributed by atoms with Crippen molar-refractivity contribution in [2.24, 2.45) is 5.92 Å². The number of likely N-dealkylation sites (N-methyl/N-ethyl adjacent to an activating group) is 1. The summed E-state index contributed by atoms with van der Waals surface area (Å²) in [5.74, 6) is 0.808. The van der Waals surface area contributed by atoms with E-state index in [1.807, 2.05) is 37.5 Å². The van der Waals surface area contributed by atoms with Crippen molar-refractivity contribution < 1.29 is 9.53 Å². The Morgan fingerprint density at radius 3 is 3.05 bits per heavy atom. The molecule has 106 valence electrons. The van der Waals surface area contributed by atoms with Crippen molar-refractivity contribution in [3.63, 3.8) is 0 Å². The molecular weight excluding hydrogens is 252 g/mol. The minimum atomic E-state index is 0.0384. The third kappa shape index (κ3) is 3.02. The third-order valence-corrected chi connectivity index (χ3v) is 3.77. The summed E-state index contributed by atoms with van der Waals surface area (Å²) in [4.78, 5) is 17.2. The standard InChI is InChI=1S/C16H20N2O2/c1-18(8-9-20-11-12-2-3-12)16(19)14-5-4-13-6-7-17-15(13)10-14/h4-7,10,12,17H,2-3,8-9,11H2,1H3. The number of rotatable bonds is 6. The van der Waals surface area contributed by atoms with E-state index >= 15 is 0 Å². The van der Waals surface area contributed by atoms with Gasteiger partial charge in [0.15, 0.2) is 0 Å². The van der Waals surface area contributed by atoms with Gasteiger partial charge >= 0.3 is 0 Å². The Morgan fingerprint density at radius 1 is 1.40 bits per heavy atom. The van der Waals surface area contributed by atoms with Gasteiger partial charge in [-0.15, -0.1) is 0 Å². The number of carbonyl (C=O) groups is 1. The largest absolute Gasteiger partial charge is 0.379 e. The number of nitrogens with zero attached hydrogens (tertiary/aromatic N) is 1. The van der Waals surface area contributed by atoms with Crippen LogP contribution >= 0.6 is 0 Å². The van der Waals surface area contributed by atoms with Gasteiger partial charge in [-0.25, -0.2) is 0 Å². The van der Waals surface area contributed by atoms with Crippen molar-refractivity contribution in [1.82, 2.24) is 9.88 Å². The Labute approximate surface area is 118 Å². The number of benzene rings is 1. The van der Waals surface area contributed by atoms with Gasteiger partial charge in [0.05, 0.1) is 6.61 Å². The number of aromatic nitrogens is 1. The van der Waals surface area contributed by atoms with Gasteiger partial charge in [0, 0.05) is 37.5 Å². The van der Waals surface area contributed by atoms with Crippen molar-refractivity contribution >= 4 is 16.8 Å². The van der Waals surface area contributed by atoms with E-state index in [-0.39, 0.29) is 5.91 Å². The predicted octanol–water partition coefficient (Wildman–Crippen LogP) is 2.67. The van der Waals surface area contributed by atoms with Gasteiger partial charge in [-0.2, -0.15) is 0 Å². The zero-order valence-electron chi connectivity index (χ0n) is 11.8. The van der Waals surface area contributed by atoms with E-state index in [9.17, 15) is 4.79 Å². The number of aromatic amines is 1. The number of ether oxygens (including phenoxy) is 1. The number of amides is 1. The first-order valence-corrected chi connectivity index (χ1v) is 7.14. The maximum Gasteiger partial charge on any atom is 0.253 e. The minimum Gasteiger partial charge on any atom is -0.379 e. The molecule has 1 saturated carbocycles. The Morgan fingerprint density at radius 2 is 2.25 bits per heavy atom. The van der Waals surface area contributed by atoms with E-state index in [0.29, 0.717) is 18.7 Å². The van der Waals surface area contributed by atoms with Crippen LogP contribution in [-0.2, 0) is 4.74 Å². The van der Waals surface area contributed by atoms with Crippen LogP contribution in [0, 0.1) is 5.92 Å². The summed E-state index contributed by atoms with van der Waals surface area (Å²) >= 11 is 0. The molecule has 0 radical (unpaired) electrons. The van der Waals surface area contributed by atoms with Crippen LogP contribution in [0.1, 0.15) is 23.2 Å². The maximum atomic E-state index is 12.3. The second-order valence-electron chi connectivity index (χ2n) is 5.52. The van der Waals surface area contributed by atoms with E-state index in [0.717, 1.165) is 23.4 Å². The van der Waals surface area contributed by atoms with Gasteiger partial charge in [-0.3, -0.25) is 4.79 Å². The van der Waals surface area contributed by atoms with E-state index in [1.54, 1.807) is 4.90 Å². The number of nitrogens with one attached hydrogen (secondary N) is 1. The molecule has 4 heteroatoms. The lowest BCUT2D eigenvalue weighted by atomic mass is 10.1. The van der Waals surface area contributed by atoms with Crippen molar-refractivity contribution in [1.29, 1.82) is 0 Å². The Balaban J connectivity index is 1.55. The molecule has 0 atom stereocenters. The van der Waals surface area contributed by atoms with Crippen LogP contribution in [0.2, 0.25) is 0 Å². The van der Waals surface area contributed by atoms with Gasteiger partial charge in [-0.05, 0) is 42.3 Å². The smallest absolute Gasteiger partial charge is 0.253 e. The molecule has 1 heterocycles. The summed E-state index contributed by atoms with van der Waals surface area (Å²) in [6.45, 7) is 2.09. The Hall–Kier alpha value is -1.81. The van der Waals surface area contributed by atoms with Gasteiger partial charge in [0.1, 0.15) is 0 Å². The monoisotopic (exact) mass is 272 g/mol. The summed E-state index contributed by atoms with van der Waals surface area (Å²) < 4.78 is 5.57. The quantitative estimate of drug-likeness (QED) is 0.822. The lowest BCUT2D eigenvalue weighted by molar-refractivity contribution is 0.0681. The second-order valence-corrected chi connectivity index (χ2v) is 5.52. The molecule has 1 N–H and O–H groups in total. The van der Waals surface area contributed by atoms with E-state index in [4.69, 9.17) is 4.74 Å². The summed E-state index contributed by atoms with van der Waals surface area (Å²) in [6, 6.07) is 7.74. The maximum absolute atomic E-state index is 12.3. The van der Waals surface area contributed by atoms with Gasteiger partial charge in [-0.1, -0.05) is 6.07 Å². The molecule has 4 nitrogen and oxygen atoms in total. The van der Waals surface area contributed by atoms with E-state index in [1.165, 1.54) is 12.8 Å². The van der Waals surface area contributed by atoms with Crippen LogP contribution in [-0.4, -0.2) is 42.6 Å². The molecule has 0 saturated heterocycles. The Bertz CT molecular complexity index is 601. The highest BCUT2D eigenvalue weighted by molar-refractivity contribution is 5.97. The van der Waals surface area contributed by atoms with Crippen molar-refractivity contribution in [2.75, 3.05) is 26.8 Å². The van der Waals surface area contributed by atoms with Crippen LogP contribution < -0.4 is 0 Å². The number of hydrogen-bond donors (Lipinski definition) is 1. The number of hydrogen-bond acceptors (Lipinski definition) is 2. The third-order valence-electron chi connectivity index (χ3n) is 3.77. The Kier molecular flexibility index (Phi) is 3.74.